The Morgan fingerprint density at radius 3 is 2.73 bits per heavy atom. The molecule has 1 heterocycles. The van der Waals surface area contributed by atoms with E-state index >= 15 is 0 Å². The third-order valence-electron chi connectivity index (χ3n) is 3.67. The van der Waals surface area contributed by atoms with Gasteiger partial charge in [0.05, 0.1) is 0 Å². The van der Waals surface area contributed by atoms with E-state index in [0.29, 0.717) is 18.0 Å². The summed E-state index contributed by atoms with van der Waals surface area (Å²) in [5.41, 5.74) is 0.687. The summed E-state index contributed by atoms with van der Waals surface area (Å²) in [6.45, 7) is 4.27. The first-order valence-electron chi connectivity index (χ1n) is 8.16. The number of amides is 1. The number of rotatable bonds is 8. The summed E-state index contributed by atoms with van der Waals surface area (Å²) in [4.78, 5) is 23.3. The molecule has 0 saturated carbocycles. The second-order valence-electron chi connectivity index (χ2n) is 6.23. The summed E-state index contributed by atoms with van der Waals surface area (Å²) in [6, 6.07) is 6.17. The topological polar surface area (TPSA) is 121 Å². The van der Waals surface area contributed by atoms with Gasteiger partial charge in [-0.05, 0) is 30.0 Å². The predicted molar refractivity (Wildman–Crippen MR) is 92.1 cm³/mol. The number of carbonyl (C=O) groups excluding carboxylic acids is 1. The summed E-state index contributed by atoms with van der Waals surface area (Å²) < 4.78 is 10.5. The molecule has 138 valence electrons. The van der Waals surface area contributed by atoms with Crippen molar-refractivity contribution < 1.29 is 24.2 Å². The largest absolute Gasteiger partial charge is 0.480 e. The van der Waals surface area contributed by atoms with Crippen molar-refractivity contribution >= 4 is 11.9 Å². The zero-order valence-electron chi connectivity index (χ0n) is 14.6. The highest BCUT2D eigenvalue weighted by molar-refractivity contribution is 5.99. The number of hydrogen-bond acceptors (Lipinski definition) is 6. The molecule has 1 aliphatic heterocycles. The Labute approximate surface area is 151 Å². The van der Waals surface area contributed by atoms with Gasteiger partial charge in [0.15, 0.2) is 11.5 Å². The highest BCUT2D eigenvalue weighted by atomic mass is 16.7. The smallest absolute Gasteiger partial charge is 0.326 e. The maximum atomic E-state index is 12.1. The zero-order chi connectivity index (χ0) is 19.1. The molecule has 1 aromatic rings. The lowest BCUT2D eigenvalue weighted by atomic mass is 10.0. The number of hydrogen-bond donors (Lipinski definition) is 3. The molecule has 8 heteroatoms. The van der Waals surface area contributed by atoms with Gasteiger partial charge in [-0.15, -0.1) is 0 Å². The van der Waals surface area contributed by atoms with E-state index in [4.69, 9.17) is 14.7 Å². The number of ether oxygens (including phenoxy) is 2. The number of nitrogens with zero attached hydrogens (tertiary/aromatic N) is 1. The first-order valence-corrected chi connectivity index (χ1v) is 8.16. The average Bonchev–Trinajstić information content (AvgIpc) is 3.05. The van der Waals surface area contributed by atoms with Gasteiger partial charge in [0.1, 0.15) is 17.7 Å². The van der Waals surface area contributed by atoms with Crippen molar-refractivity contribution in [3.8, 4) is 17.6 Å². The van der Waals surface area contributed by atoms with Gasteiger partial charge in [-0.3, -0.25) is 4.79 Å². The van der Waals surface area contributed by atoms with Crippen LogP contribution in [0.1, 0.15) is 25.8 Å². The summed E-state index contributed by atoms with van der Waals surface area (Å²) in [6.07, 6.45) is 1.55. The van der Waals surface area contributed by atoms with Crippen LogP contribution in [0.15, 0.2) is 30.0 Å². The Kier molecular flexibility index (Phi) is 6.44. The normalized spacial score (nSPS) is 13.8. The van der Waals surface area contributed by atoms with E-state index in [1.165, 1.54) is 6.20 Å². The monoisotopic (exact) mass is 359 g/mol. The molecular weight excluding hydrogens is 338 g/mol. The molecule has 0 fully saturated rings. The summed E-state index contributed by atoms with van der Waals surface area (Å²) in [5.74, 6) is -0.442. The molecule has 1 atom stereocenters. The summed E-state index contributed by atoms with van der Waals surface area (Å²) in [5, 5.41) is 23.6. The third kappa shape index (κ3) is 5.14. The van der Waals surface area contributed by atoms with Gasteiger partial charge < -0.3 is 25.2 Å². The Morgan fingerprint density at radius 2 is 2.08 bits per heavy atom. The van der Waals surface area contributed by atoms with Gasteiger partial charge in [0.25, 0.3) is 5.91 Å². The van der Waals surface area contributed by atoms with Crippen molar-refractivity contribution in [3.05, 3.63) is 35.5 Å². The molecule has 8 nitrogen and oxygen atoms in total. The molecule has 0 saturated heterocycles. The van der Waals surface area contributed by atoms with Crippen LogP contribution < -0.4 is 20.1 Å². The molecule has 3 N–H and O–H groups in total. The third-order valence-corrected chi connectivity index (χ3v) is 3.67. The number of fused-ring (bicyclic) bond motifs is 1. The van der Waals surface area contributed by atoms with Crippen LogP contribution in [0.5, 0.6) is 11.5 Å². The standard InChI is InChI=1S/C18H21N3O5/c1-11(2)5-14(18(23)24)21-17(22)13(7-19)9-20-8-12-3-4-15-16(6-12)26-10-25-15/h3-4,6,9,11,14,20H,5,8,10H2,1-2H3,(H,21,22)(H,23,24)/b13-9-. The number of nitriles is 1. The molecule has 1 unspecified atom stereocenters. The molecule has 0 radical (unpaired) electrons. The van der Waals surface area contributed by atoms with Crippen molar-refractivity contribution in [1.82, 2.24) is 10.6 Å². The van der Waals surface area contributed by atoms with Crippen molar-refractivity contribution in [1.29, 1.82) is 5.26 Å². The second kappa shape index (κ2) is 8.76. The molecule has 2 rings (SSSR count). The first kappa shape index (κ1) is 19.1. The van der Waals surface area contributed by atoms with Crippen molar-refractivity contribution in [2.24, 2.45) is 5.92 Å². The number of carboxylic acid groups (broad SMARTS) is 1. The molecule has 1 aliphatic rings. The van der Waals surface area contributed by atoms with Crippen LogP contribution in [-0.4, -0.2) is 29.8 Å². The van der Waals surface area contributed by atoms with Crippen molar-refractivity contribution in [2.45, 2.75) is 32.9 Å². The van der Waals surface area contributed by atoms with E-state index in [0.717, 1.165) is 5.56 Å². The van der Waals surface area contributed by atoms with Crippen LogP contribution in [0.25, 0.3) is 0 Å². The van der Waals surface area contributed by atoms with Crippen molar-refractivity contribution in [3.63, 3.8) is 0 Å². The van der Waals surface area contributed by atoms with Gasteiger partial charge in [0.2, 0.25) is 6.79 Å². The molecule has 0 spiro atoms. The van der Waals surface area contributed by atoms with Gasteiger partial charge in [-0.1, -0.05) is 19.9 Å². The van der Waals surface area contributed by atoms with E-state index in [9.17, 15) is 14.7 Å². The van der Waals surface area contributed by atoms with E-state index in [1.54, 1.807) is 18.2 Å². The van der Waals surface area contributed by atoms with Crippen molar-refractivity contribution in [2.75, 3.05) is 6.79 Å². The van der Waals surface area contributed by atoms with Crippen LogP contribution >= 0.6 is 0 Å². The molecule has 0 bridgehead atoms. The van der Waals surface area contributed by atoms with E-state index in [-0.39, 0.29) is 24.7 Å². The first-order chi connectivity index (χ1) is 12.4. The van der Waals surface area contributed by atoms with Crippen LogP contribution in [0.4, 0.5) is 0 Å². The molecule has 1 amide bonds. The lowest BCUT2D eigenvalue weighted by Gasteiger charge is -2.16. The lowest BCUT2D eigenvalue weighted by molar-refractivity contribution is -0.141. The van der Waals surface area contributed by atoms with Gasteiger partial charge in [0, 0.05) is 12.7 Å². The van der Waals surface area contributed by atoms with Crippen LogP contribution in [0, 0.1) is 17.2 Å². The molecule has 1 aromatic carbocycles. The molecule has 0 aromatic heterocycles. The lowest BCUT2D eigenvalue weighted by Crippen LogP contribution is -2.42. The highest BCUT2D eigenvalue weighted by Gasteiger charge is 2.22. The Balaban J connectivity index is 1.95. The van der Waals surface area contributed by atoms with E-state index in [1.807, 2.05) is 19.9 Å². The maximum Gasteiger partial charge on any atom is 0.326 e. The number of benzene rings is 1. The fraction of sp³-hybridized carbons (Fsp3) is 0.389. The molecular formula is C18H21N3O5. The van der Waals surface area contributed by atoms with Gasteiger partial charge in [-0.25, -0.2) is 4.79 Å². The number of carbonyl (C=O) groups is 2. The Morgan fingerprint density at radius 1 is 1.35 bits per heavy atom. The van der Waals surface area contributed by atoms with Crippen LogP contribution in [-0.2, 0) is 16.1 Å². The Bertz CT molecular complexity index is 752. The van der Waals surface area contributed by atoms with E-state index in [2.05, 4.69) is 10.6 Å². The van der Waals surface area contributed by atoms with Gasteiger partial charge in [-0.2, -0.15) is 5.26 Å². The molecule has 26 heavy (non-hydrogen) atoms. The minimum Gasteiger partial charge on any atom is -0.480 e. The predicted octanol–water partition coefficient (Wildman–Crippen LogP) is 1.53. The van der Waals surface area contributed by atoms with Gasteiger partial charge >= 0.3 is 5.97 Å². The van der Waals surface area contributed by atoms with Crippen LogP contribution in [0.2, 0.25) is 0 Å². The van der Waals surface area contributed by atoms with Crippen LogP contribution in [0.3, 0.4) is 0 Å². The molecule has 0 aliphatic carbocycles. The quantitative estimate of drug-likeness (QED) is 0.475. The minimum atomic E-state index is -1.13. The average molecular weight is 359 g/mol. The van der Waals surface area contributed by atoms with E-state index < -0.39 is 17.9 Å². The highest BCUT2D eigenvalue weighted by Crippen LogP contribution is 2.32. The Hall–Kier alpha value is -3.21. The summed E-state index contributed by atoms with van der Waals surface area (Å²) in [7, 11) is 0. The maximum absolute atomic E-state index is 12.1. The SMILES string of the molecule is CC(C)CC(NC(=O)/C(C#N)=C\NCc1ccc2c(c1)OCO2)C(=O)O. The minimum absolute atomic E-state index is 0.0926. The zero-order valence-corrected chi connectivity index (χ0v) is 14.6. The number of nitrogens with one attached hydrogen (secondary N) is 2. The number of carboxylic acids is 1. The fourth-order valence-corrected chi connectivity index (χ4v) is 2.40. The fourth-order valence-electron chi connectivity index (χ4n) is 2.40. The second-order valence-corrected chi connectivity index (χ2v) is 6.23. The summed E-state index contributed by atoms with van der Waals surface area (Å²) >= 11 is 0. The number of aliphatic carboxylic acids is 1.